The summed E-state index contributed by atoms with van der Waals surface area (Å²) in [5.74, 6) is 0.213. The molecule has 0 saturated carbocycles. The monoisotopic (exact) mass is 425 g/mol. The van der Waals surface area contributed by atoms with Crippen molar-refractivity contribution in [3.8, 4) is 0 Å². The molecule has 0 heterocycles. The molecule has 0 unspecified atom stereocenters. The quantitative estimate of drug-likeness (QED) is 0.337. The third-order valence-electron chi connectivity index (χ3n) is 5.07. The van der Waals surface area contributed by atoms with E-state index in [1.807, 2.05) is 48.5 Å². The van der Waals surface area contributed by atoms with Crippen LogP contribution in [-0.4, -0.2) is 19.3 Å². The minimum atomic E-state index is -2.99. The molecule has 0 aliphatic rings. The molecular weight excluding hydrogens is 403 g/mol. The van der Waals surface area contributed by atoms with Crippen molar-refractivity contribution in [2.75, 3.05) is 0 Å². The SMILES string of the molecule is O=C(C[As](c1ccccc1)(c1ccccc1)c1ccccc1)c1ccccc1. The summed E-state index contributed by atoms with van der Waals surface area (Å²) in [5, 5.41) is 0.542. The first kappa shape index (κ1) is 18.5. The molecule has 0 amide bonds. The molecule has 0 spiro atoms. The summed E-state index contributed by atoms with van der Waals surface area (Å²) in [6.07, 6.45) is 0. The third kappa shape index (κ3) is 3.59. The molecule has 1 radical (unpaired) electrons. The van der Waals surface area contributed by atoms with Gasteiger partial charge in [0.25, 0.3) is 0 Å². The number of benzene rings is 4. The van der Waals surface area contributed by atoms with Gasteiger partial charge in [-0.2, -0.15) is 0 Å². The predicted molar refractivity (Wildman–Crippen MR) is 120 cm³/mol. The van der Waals surface area contributed by atoms with Gasteiger partial charge in [0.05, 0.1) is 0 Å². The van der Waals surface area contributed by atoms with Crippen LogP contribution in [0.3, 0.4) is 0 Å². The third-order valence-corrected chi connectivity index (χ3v) is 14.1. The molecule has 4 aromatic rings. The second-order valence-electron chi connectivity index (χ2n) is 6.76. The molecule has 0 fully saturated rings. The van der Waals surface area contributed by atoms with Crippen LogP contribution in [0.4, 0.5) is 0 Å². The number of carbonyl (C=O) groups excluding carboxylic acids is 1. The van der Waals surface area contributed by atoms with Crippen LogP contribution in [0.2, 0.25) is 5.21 Å². The first-order valence-corrected chi connectivity index (χ1v) is 13.6. The average Bonchev–Trinajstić information content (AvgIpc) is 2.80. The van der Waals surface area contributed by atoms with E-state index in [4.69, 9.17) is 0 Å². The average molecular weight is 425 g/mol. The van der Waals surface area contributed by atoms with E-state index in [9.17, 15) is 4.79 Å². The Bertz CT molecular complexity index is 932. The van der Waals surface area contributed by atoms with Gasteiger partial charge in [-0.05, 0) is 0 Å². The second-order valence-corrected chi connectivity index (χ2v) is 14.1. The summed E-state index contributed by atoms with van der Waals surface area (Å²) in [6, 6.07) is 41.5. The zero-order valence-corrected chi connectivity index (χ0v) is 17.5. The molecule has 4 rings (SSSR count). The summed E-state index contributed by atoms with van der Waals surface area (Å²) in [5.41, 5.74) is 0.788. The van der Waals surface area contributed by atoms with Gasteiger partial charge in [-0.25, -0.2) is 0 Å². The first-order valence-electron chi connectivity index (χ1n) is 9.44. The van der Waals surface area contributed by atoms with E-state index < -0.39 is 13.6 Å². The molecule has 0 N–H and O–H groups in total. The van der Waals surface area contributed by atoms with Gasteiger partial charge in [0.15, 0.2) is 0 Å². The van der Waals surface area contributed by atoms with E-state index in [0.29, 0.717) is 5.21 Å². The van der Waals surface area contributed by atoms with E-state index in [2.05, 4.69) is 72.8 Å². The van der Waals surface area contributed by atoms with E-state index in [-0.39, 0.29) is 5.78 Å². The Kier molecular flexibility index (Phi) is 5.55. The summed E-state index contributed by atoms with van der Waals surface area (Å²) < 4.78 is 3.88. The molecule has 0 saturated heterocycles. The molecule has 0 aromatic heterocycles. The predicted octanol–water partition coefficient (Wildman–Crippen LogP) is 4.04. The Morgan fingerprint density at radius 1 is 0.500 bits per heavy atom. The minimum absolute atomic E-state index is 0.213. The molecule has 137 valence electrons. The van der Waals surface area contributed by atoms with Crippen molar-refractivity contribution in [2.24, 2.45) is 0 Å². The molecule has 4 aromatic carbocycles. The number of Topliss-reactive ketones (excluding diaryl/α,β-unsaturated/α-hetero) is 1. The number of hydrogen-bond acceptors (Lipinski definition) is 1. The zero-order valence-electron chi connectivity index (χ0n) is 15.6. The van der Waals surface area contributed by atoms with Gasteiger partial charge in [-0.15, -0.1) is 0 Å². The van der Waals surface area contributed by atoms with E-state index >= 15 is 0 Å². The molecular formula is C26H22AsO. The summed E-state index contributed by atoms with van der Waals surface area (Å²) in [4.78, 5) is 13.4. The van der Waals surface area contributed by atoms with Crippen LogP contribution in [0.5, 0.6) is 0 Å². The van der Waals surface area contributed by atoms with E-state index in [1.165, 1.54) is 13.1 Å². The van der Waals surface area contributed by atoms with Gasteiger partial charge in [-0.3, -0.25) is 0 Å². The Hall–Kier alpha value is -2.89. The first-order chi connectivity index (χ1) is 13.8. The number of hydrogen-bond donors (Lipinski definition) is 0. The summed E-state index contributed by atoms with van der Waals surface area (Å²) >= 11 is -2.99. The van der Waals surface area contributed by atoms with Crippen molar-refractivity contribution in [1.82, 2.24) is 0 Å². The van der Waals surface area contributed by atoms with Crippen LogP contribution in [0.25, 0.3) is 0 Å². The zero-order chi connectivity index (χ0) is 19.2. The van der Waals surface area contributed by atoms with Crippen LogP contribution in [-0.2, 0) is 0 Å². The van der Waals surface area contributed by atoms with Gasteiger partial charge in [0.1, 0.15) is 0 Å². The van der Waals surface area contributed by atoms with Crippen molar-refractivity contribution in [3.05, 3.63) is 127 Å². The van der Waals surface area contributed by atoms with Gasteiger partial charge in [-0.1, -0.05) is 0 Å². The Morgan fingerprint density at radius 3 is 1.18 bits per heavy atom. The molecule has 0 bridgehead atoms. The normalized spacial score (nSPS) is 11.1. The molecule has 0 aliphatic carbocycles. The fourth-order valence-corrected chi connectivity index (χ4v) is 12.3. The second kappa shape index (κ2) is 8.42. The van der Waals surface area contributed by atoms with Gasteiger partial charge >= 0.3 is 169 Å². The van der Waals surface area contributed by atoms with Crippen molar-refractivity contribution >= 4 is 32.4 Å². The van der Waals surface area contributed by atoms with Crippen LogP contribution >= 0.6 is 0 Å². The van der Waals surface area contributed by atoms with Crippen LogP contribution in [0.15, 0.2) is 121 Å². The fourth-order valence-electron chi connectivity index (χ4n) is 3.70. The molecule has 2 heteroatoms. The topological polar surface area (TPSA) is 17.1 Å². The van der Waals surface area contributed by atoms with Crippen LogP contribution in [0.1, 0.15) is 10.4 Å². The summed E-state index contributed by atoms with van der Waals surface area (Å²) in [6.45, 7) is 0. The molecule has 0 aliphatic heterocycles. The standard InChI is InChI=1S/C26H22AsO/c28-26(22-13-5-1-6-14-22)21-27(23-15-7-2-8-16-23,24-17-9-3-10-18-24)25-19-11-4-12-20-25/h1-20H,21H2. The van der Waals surface area contributed by atoms with Gasteiger partial charge < -0.3 is 0 Å². The molecule has 1 nitrogen and oxygen atoms in total. The van der Waals surface area contributed by atoms with Gasteiger partial charge in [0.2, 0.25) is 0 Å². The Morgan fingerprint density at radius 2 is 0.821 bits per heavy atom. The number of carbonyl (C=O) groups is 1. The fraction of sp³-hybridized carbons (Fsp3) is 0.0385. The molecule has 28 heavy (non-hydrogen) atoms. The maximum atomic E-state index is 13.4. The molecule has 0 atom stereocenters. The number of rotatable bonds is 6. The van der Waals surface area contributed by atoms with E-state index in [1.54, 1.807) is 0 Å². The van der Waals surface area contributed by atoms with Crippen LogP contribution < -0.4 is 13.1 Å². The summed E-state index contributed by atoms with van der Waals surface area (Å²) in [7, 11) is 0. The Balaban J connectivity index is 1.95. The van der Waals surface area contributed by atoms with Crippen LogP contribution in [0, 0.1) is 0 Å². The van der Waals surface area contributed by atoms with Crippen molar-refractivity contribution < 1.29 is 4.79 Å². The Labute approximate surface area is 169 Å². The maximum absolute atomic E-state index is 13.4. The van der Waals surface area contributed by atoms with Crippen molar-refractivity contribution in [2.45, 2.75) is 5.21 Å². The van der Waals surface area contributed by atoms with Crippen molar-refractivity contribution in [1.29, 1.82) is 0 Å². The van der Waals surface area contributed by atoms with E-state index in [0.717, 1.165) is 5.56 Å². The number of ketones is 1. The van der Waals surface area contributed by atoms with Gasteiger partial charge in [0, 0.05) is 0 Å². The van der Waals surface area contributed by atoms with Crippen molar-refractivity contribution in [3.63, 3.8) is 0 Å².